The first-order valence-corrected chi connectivity index (χ1v) is 5.78. The Morgan fingerprint density at radius 3 is 2.56 bits per heavy atom. The maximum atomic E-state index is 5.23. The third-order valence-corrected chi connectivity index (χ3v) is 2.83. The van der Waals surface area contributed by atoms with E-state index >= 15 is 0 Å². The van der Waals surface area contributed by atoms with Crippen LogP contribution in [0.2, 0.25) is 0 Å². The van der Waals surface area contributed by atoms with Crippen molar-refractivity contribution in [3.05, 3.63) is 60.6 Å². The molecule has 0 radical (unpaired) electrons. The number of nitrogens with zero attached hydrogens (tertiary/aromatic N) is 2. The van der Waals surface area contributed by atoms with E-state index < -0.39 is 0 Å². The Labute approximate surface area is 105 Å². The highest BCUT2D eigenvalue weighted by Crippen LogP contribution is 2.31. The molecule has 0 aliphatic rings. The molecule has 1 aromatic carbocycles. The number of rotatable bonds is 2. The van der Waals surface area contributed by atoms with E-state index in [0.717, 1.165) is 28.1 Å². The van der Waals surface area contributed by atoms with Gasteiger partial charge in [0.05, 0.1) is 6.20 Å². The monoisotopic (exact) mass is 236 g/mol. The van der Waals surface area contributed by atoms with Crippen molar-refractivity contribution < 1.29 is 4.52 Å². The van der Waals surface area contributed by atoms with Crippen LogP contribution in [0, 0.1) is 6.92 Å². The highest BCUT2D eigenvalue weighted by atomic mass is 16.5. The van der Waals surface area contributed by atoms with Crippen LogP contribution in [-0.2, 0) is 0 Å². The zero-order valence-corrected chi connectivity index (χ0v) is 10.00. The lowest BCUT2D eigenvalue weighted by Gasteiger charge is -2.07. The van der Waals surface area contributed by atoms with Gasteiger partial charge in [0.1, 0.15) is 0 Å². The van der Waals surface area contributed by atoms with Gasteiger partial charge in [0, 0.05) is 23.5 Å². The second kappa shape index (κ2) is 4.45. The predicted octanol–water partition coefficient (Wildman–Crippen LogP) is 3.71. The minimum Gasteiger partial charge on any atom is -0.356 e. The minimum absolute atomic E-state index is 0.737. The number of hydrogen-bond acceptors (Lipinski definition) is 3. The fourth-order valence-electron chi connectivity index (χ4n) is 1.97. The van der Waals surface area contributed by atoms with Crippen molar-refractivity contribution in [2.45, 2.75) is 6.92 Å². The summed E-state index contributed by atoms with van der Waals surface area (Å²) >= 11 is 0. The molecule has 0 N–H and O–H groups in total. The molecule has 0 saturated carbocycles. The third-order valence-electron chi connectivity index (χ3n) is 2.83. The number of aryl methyl sites for hydroxylation is 1. The average molecular weight is 236 g/mol. The van der Waals surface area contributed by atoms with Crippen LogP contribution in [0.4, 0.5) is 0 Å². The van der Waals surface area contributed by atoms with Gasteiger partial charge in [-0.25, -0.2) is 0 Å². The molecule has 0 aliphatic carbocycles. The fraction of sp³-hybridized carbons (Fsp3) is 0.0667. The molecule has 3 nitrogen and oxygen atoms in total. The van der Waals surface area contributed by atoms with Crippen LogP contribution in [0.1, 0.15) is 5.69 Å². The highest BCUT2D eigenvalue weighted by molar-refractivity contribution is 5.80. The minimum atomic E-state index is 0.737. The van der Waals surface area contributed by atoms with Gasteiger partial charge in [-0.3, -0.25) is 4.98 Å². The van der Waals surface area contributed by atoms with Gasteiger partial charge in [-0.2, -0.15) is 0 Å². The number of benzene rings is 1. The quantitative estimate of drug-likeness (QED) is 0.680. The van der Waals surface area contributed by atoms with Crippen molar-refractivity contribution in [3.8, 4) is 22.5 Å². The van der Waals surface area contributed by atoms with Crippen molar-refractivity contribution in [2.24, 2.45) is 0 Å². The second-order valence-corrected chi connectivity index (χ2v) is 4.11. The van der Waals surface area contributed by atoms with Crippen LogP contribution in [0.25, 0.3) is 22.5 Å². The zero-order valence-electron chi connectivity index (χ0n) is 10.00. The molecule has 3 rings (SSSR count). The summed E-state index contributed by atoms with van der Waals surface area (Å²) in [6.07, 6.45) is 3.47. The third kappa shape index (κ3) is 1.91. The summed E-state index contributed by atoms with van der Waals surface area (Å²) in [5.74, 6) is 0.737. The Morgan fingerprint density at radius 1 is 1.00 bits per heavy atom. The van der Waals surface area contributed by atoms with Gasteiger partial charge in [0.15, 0.2) is 5.76 Å². The predicted molar refractivity (Wildman–Crippen MR) is 69.9 cm³/mol. The molecule has 88 valence electrons. The SMILES string of the molecule is Cc1cc(-c2ccccc2)c(-c2ccno2)cn1. The highest BCUT2D eigenvalue weighted by Gasteiger charge is 2.11. The maximum absolute atomic E-state index is 5.23. The van der Waals surface area contributed by atoms with Gasteiger partial charge >= 0.3 is 0 Å². The van der Waals surface area contributed by atoms with Crippen molar-refractivity contribution >= 4 is 0 Å². The number of pyridine rings is 1. The first kappa shape index (κ1) is 10.7. The Hall–Kier alpha value is -2.42. The second-order valence-electron chi connectivity index (χ2n) is 4.11. The first-order chi connectivity index (χ1) is 8.84. The van der Waals surface area contributed by atoms with Crippen LogP contribution in [-0.4, -0.2) is 10.1 Å². The van der Waals surface area contributed by atoms with Gasteiger partial charge < -0.3 is 4.52 Å². The van der Waals surface area contributed by atoms with Crippen LogP contribution >= 0.6 is 0 Å². The van der Waals surface area contributed by atoms with Gasteiger partial charge in [0.2, 0.25) is 0 Å². The topological polar surface area (TPSA) is 38.9 Å². The molecule has 0 aliphatic heterocycles. The van der Waals surface area contributed by atoms with E-state index in [2.05, 4.69) is 28.3 Å². The average Bonchev–Trinajstić information content (AvgIpc) is 2.93. The molecule has 0 bridgehead atoms. The van der Waals surface area contributed by atoms with E-state index in [0.29, 0.717) is 0 Å². The van der Waals surface area contributed by atoms with Gasteiger partial charge in [0.25, 0.3) is 0 Å². The van der Waals surface area contributed by atoms with Crippen LogP contribution in [0.5, 0.6) is 0 Å². The summed E-state index contributed by atoms with van der Waals surface area (Å²) in [7, 11) is 0. The van der Waals surface area contributed by atoms with Crippen LogP contribution < -0.4 is 0 Å². The fourth-order valence-corrected chi connectivity index (χ4v) is 1.97. The molecule has 0 fully saturated rings. The van der Waals surface area contributed by atoms with Gasteiger partial charge in [-0.15, -0.1) is 0 Å². The Bertz CT molecular complexity index is 646. The summed E-state index contributed by atoms with van der Waals surface area (Å²) in [5, 5.41) is 3.75. The Balaban J connectivity index is 2.22. The van der Waals surface area contributed by atoms with Crippen LogP contribution in [0.15, 0.2) is 59.4 Å². The lowest BCUT2D eigenvalue weighted by atomic mass is 9.99. The summed E-state index contributed by atoms with van der Waals surface area (Å²) in [4.78, 5) is 4.33. The van der Waals surface area contributed by atoms with E-state index in [1.165, 1.54) is 0 Å². The molecule has 0 amide bonds. The zero-order chi connectivity index (χ0) is 12.4. The van der Waals surface area contributed by atoms with E-state index in [4.69, 9.17) is 4.52 Å². The molecule has 3 heteroatoms. The first-order valence-electron chi connectivity index (χ1n) is 5.78. The molecule has 2 aromatic heterocycles. The summed E-state index contributed by atoms with van der Waals surface area (Å²) in [6, 6.07) is 14.1. The van der Waals surface area contributed by atoms with E-state index in [-0.39, 0.29) is 0 Å². The molecule has 2 heterocycles. The van der Waals surface area contributed by atoms with E-state index in [9.17, 15) is 0 Å². The number of aromatic nitrogens is 2. The molecular formula is C15H12N2O. The standard InChI is InChI=1S/C15H12N2O/c1-11-9-13(12-5-3-2-4-6-12)14(10-16-11)15-7-8-17-18-15/h2-10H,1H3. The van der Waals surface area contributed by atoms with Crippen molar-refractivity contribution in [3.63, 3.8) is 0 Å². The Morgan fingerprint density at radius 2 is 1.83 bits per heavy atom. The molecule has 3 aromatic rings. The molecule has 0 atom stereocenters. The van der Waals surface area contributed by atoms with Crippen molar-refractivity contribution in [2.75, 3.05) is 0 Å². The molecule has 0 spiro atoms. The van der Waals surface area contributed by atoms with E-state index in [1.807, 2.05) is 37.4 Å². The summed E-state index contributed by atoms with van der Waals surface area (Å²) in [5.41, 5.74) is 4.20. The van der Waals surface area contributed by atoms with E-state index in [1.54, 1.807) is 6.20 Å². The molecule has 18 heavy (non-hydrogen) atoms. The Kier molecular flexibility index (Phi) is 2.65. The van der Waals surface area contributed by atoms with Crippen LogP contribution in [0.3, 0.4) is 0 Å². The van der Waals surface area contributed by atoms with Crippen molar-refractivity contribution in [1.29, 1.82) is 0 Å². The maximum Gasteiger partial charge on any atom is 0.168 e. The van der Waals surface area contributed by atoms with Gasteiger partial charge in [-0.05, 0) is 24.1 Å². The lowest BCUT2D eigenvalue weighted by molar-refractivity contribution is 0.432. The van der Waals surface area contributed by atoms with Crippen molar-refractivity contribution in [1.82, 2.24) is 10.1 Å². The largest absolute Gasteiger partial charge is 0.356 e. The lowest BCUT2D eigenvalue weighted by Crippen LogP contribution is -1.88. The molecule has 0 saturated heterocycles. The summed E-state index contributed by atoms with van der Waals surface area (Å²) in [6.45, 7) is 1.98. The molecular weight excluding hydrogens is 224 g/mol. The van der Waals surface area contributed by atoms with Gasteiger partial charge in [-0.1, -0.05) is 35.5 Å². The summed E-state index contributed by atoms with van der Waals surface area (Å²) < 4.78 is 5.23. The normalized spacial score (nSPS) is 10.5. The molecule has 0 unspecified atom stereocenters. The smallest absolute Gasteiger partial charge is 0.168 e. The number of hydrogen-bond donors (Lipinski definition) is 0.